The van der Waals surface area contributed by atoms with Crippen LogP contribution in [0.1, 0.15) is 24.0 Å². The van der Waals surface area contributed by atoms with Crippen molar-refractivity contribution in [3.63, 3.8) is 0 Å². The Kier molecular flexibility index (Phi) is 4.14. The molecule has 0 unspecified atom stereocenters. The summed E-state index contributed by atoms with van der Waals surface area (Å²) in [5.74, 6) is 0.0563. The minimum Gasteiger partial charge on any atom is -0.363 e. The molecular formula is C17H21N3O2. The number of nitrogens with zero attached hydrogens (tertiary/aromatic N) is 3. The van der Waals surface area contributed by atoms with Gasteiger partial charge in [-0.05, 0) is 24.1 Å². The van der Waals surface area contributed by atoms with Gasteiger partial charge >= 0.3 is 0 Å². The molecule has 2 fully saturated rings. The van der Waals surface area contributed by atoms with Gasteiger partial charge in [0.2, 0.25) is 0 Å². The number of fused-ring (bicyclic) bond motifs is 1. The van der Waals surface area contributed by atoms with E-state index in [1.807, 2.05) is 24.3 Å². The van der Waals surface area contributed by atoms with Crippen molar-refractivity contribution in [2.24, 2.45) is 0 Å². The fourth-order valence-corrected chi connectivity index (χ4v) is 3.45. The van der Waals surface area contributed by atoms with Crippen molar-refractivity contribution in [2.75, 3.05) is 20.6 Å². The van der Waals surface area contributed by atoms with Gasteiger partial charge in [0.1, 0.15) is 6.10 Å². The second-order valence-electron chi connectivity index (χ2n) is 6.27. The molecule has 116 valence electrons. The second kappa shape index (κ2) is 6.07. The standard InChI is InChI=1S/C17H21N3O2/c1-19(2)17(21)16-9-14-15(22-16)6-7-20(14)11-13-5-3-4-12(8-13)10-18/h3-5,8,14-16H,6-7,9,11H2,1-2H3/t14-,15-,16-/m0/s1. The predicted molar refractivity (Wildman–Crippen MR) is 81.9 cm³/mol. The average Bonchev–Trinajstić information content (AvgIpc) is 3.08. The number of carbonyl (C=O) groups is 1. The van der Waals surface area contributed by atoms with Crippen molar-refractivity contribution in [2.45, 2.75) is 37.6 Å². The molecule has 3 atom stereocenters. The zero-order valence-corrected chi connectivity index (χ0v) is 13.0. The number of ether oxygens (including phenoxy) is 1. The van der Waals surface area contributed by atoms with Crippen molar-refractivity contribution >= 4 is 5.91 Å². The van der Waals surface area contributed by atoms with Crippen LogP contribution in [0.5, 0.6) is 0 Å². The molecular weight excluding hydrogens is 278 g/mol. The summed E-state index contributed by atoms with van der Waals surface area (Å²) >= 11 is 0. The molecule has 2 aliphatic rings. The van der Waals surface area contributed by atoms with Gasteiger partial charge in [-0.2, -0.15) is 5.26 Å². The van der Waals surface area contributed by atoms with E-state index in [-0.39, 0.29) is 18.1 Å². The van der Waals surface area contributed by atoms with Crippen LogP contribution >= 0.6 is 0 Å². The molecule has 1 amide bonds. The number of hydrogen-bond donors (Lipinski definition) is 0. The van der Waals surface area contributed by atoms with Gasteiger partial charge in [-0.15, -0.1) is 0 Å². The number of benzene rings is 1. The van der Waals surface area contributed by atoms with Crippen LogP contribution in [-0.4, -0.2) is 54.6 Å². The Morgan fingerprint density at radius 2 is 2.32 bits per heavy atom. The number of carbonyl (C=O) groups excluding carboxylic acids is 1. The van der Waals surface area contributed by atoms with Gasteiger partial charge in [0, 0.05) is 39.6 Å². The Hall–Kier alpha value is -1.90. The van der Waals surface area contributed by atoms with Crippen LogP contribution in [0.15, 0.2) is 24.3 Å². The molecule has 2 aliphatic heterocycles. The summed E-state index contributed by atoms with van der Waals surface area (Å²) in [5, 5.41) is 9.00. The number of hydrogen-bond acceptors (Lipinski definition) is 4. The van der Waals surface area contributed by atoms with Crippen LogP contribution in [0.2, 0.25) is 0 Å². The minimum atomic E-state index is -0.307. The van der Waals surface area contributed by atoms with Crippen LogP contribution in [0.4, 0.5) is 0 Å². The molecule has 0 aromatic heterocycles. The average molecular weight is 299 g/mol. The molecule has 0 aliphatic carbocycles. The maximum Gasteiger partial charge on any atom is 0.251 e. The molecule has 0 bridgehead atoms. The normalized spacial score (nSPS) is 27.4. The van der Waals surface area contributed by atoms with Gasteiger partial charge in [0.15, 0.2) is 0 Å². The van der Waals surface area contributed by atoms with E-state index in [1.54, 1.807) is 19.0 Å². The lowest BCUT2D eigenvalue weighted by atomic mass is 10.1. The maximum atomic E-state index is 12.1. The Morgan fingerprint density at radius 3 is 3.05 bits per heavy atom. The molecule has 0 N–H and O–H groups in total. The number of amides is 1. The molecule has 1 aromatic carbocycles. The van der Waals surface area contributed by atoms with Gasteiger partial charge in [-0.3, -0.25) is 9.69 Å². The summed E-state index contributed by atoms with van der Waals surface area (Å²) < 4.78 is 5.94. The molecule has 0 spiro atoms. The third-order valence-electron chi connectivity index (χ3n) is 4.55. The Labute approximate surface area is 131 Å². The monoisotopic (exact) mass is 299 g/mol. The summed E-state index contributed by atoms with van der Waals surface area (Å²) in [6, 6.07) is 10.2. The molecule has 5 heteroatoms. The fraction of sp³-hybridized carbons (Fsp3) is 0.529. The number of nitriles is 1. The molecule has 22 heavy (non-hydrogen) atoms. The Balaban J connectivity index is 1.67. The van der Waals surface area contributed by atoms with Crippen molar-refractivity contribution in [1.82, 2.24) is 9.80 Å². The second-order valence-corrected chi connectivity index (χ2v) is 6.27. The third kappa shape index (κ3) is 2.85. The maximum absolute atomic E-state index is 12.1. The predicted octanol–water partition coefficient (Wildman–Crippen LogP) is 1.38. The third-order valence-corrected chi connectivity index (χ3v) is 4.55. The SMILES string of the molecule is CN(C)C(=O)[C@@H]1C[C@H]2[C@H](CCN2Cc2cccc(C#N)c2)O1. The molecule has 5 nitrogen and oxygen atoms in total. The zero-order chi connectivity index (χ0) is 15.7. The van der Waals surface area contributed by atoms with Crippen molar-refractivity contribution in [3.05, 3.63) is 35.4 Å². The molecule has 3 rings (SSSR count). The molecule has 2 saturated heterocycles. The van der Waals surface area contributed by atoms with E-state index in [2.05, 4.69) is 11.0 Å². The quantitative estimate of drug-likeness (QED) is 0.846. The van der Waals surface area contributed by atoms with E-state index in [9.17, 15) is 4.79 Å². The zero-order valence-electron chi connectivity index (χ0n) is 13.0. The summed E-state index contributed by atoms with van der Waals surface area (Å²) in [7, 11) is 3.54. The molecule has 2 heterocycles. The van der Waals surface area contributed by atoms with Crippen LogP contribution in [0.25, 0.3) is 0 Å². The van der Waals surface area contributed by atoms with E-state index in [0.29, 0.717) is 11.6 Å². The molecule has 1 aromatic rings. The van der Waals surface area contributed by atoms with E-state index < -0.39 is 0 Å². The number of likely N-dealkylation sites (tertiary alicyclic amines) is 1. The number of likely N-dealkylation sites (N-methyl/N-ethyl adjacent to an activating group) is 1. The first-order valence-electron chi connectivity index (χ1n) is 7.68. The lowest BCUT2D eigenvalue weighted by molar-refractivity contribution is -0.140. The fourth-order valence-electron chi connectivity index (χ4n) is 3.45. The Bertz CT molecular complexity index is 608. The van der Waals surface area contributed by atoms with Gasteiger partial charge in [0.05, 0.1) is 17.7 Å². The summed E-state index contributed by atoms with van der Waals surface area (Å²) in [5.41, 5.74) is 1.83. The number of rotatable bonds is 3. The Morgan fingerprint density at radius 1 is 1.50 bits per heavy atom. The van der Waals surface area contributed by atoms with Gasteiger partial charge < -0.3 is 9.64 Å². The first-order chi connectivity index (χ1) is 10.6. The smallest absolute Gasteiger partial charge is 0.251 e. The van der Waals surface area contributed by atoms with Gasteiger partial charge in [0.25, 0.3) is 5.91 Å². The van der Waals surface area contributed by atoms with Crippen LogP contribution in [0.3, 0.4) is 0 Å². The molecule has 0 saturated carbocycles. The van der Waals surface area contributed by atoms with Crippen molar-refractivity contribution in [3.8, 4) is 6.07 Å². The first kappa shape index (κ1) is 15.0. The van der Waals surface area contributed by atoms with Gasteiger partial charge in [-0.25, -0.2) is 0 Å². The highest BCUT2D eigenvalue weighted by atomic mass is 16.5. The van der Waals surface area contributed by atoms with E-state index in [4.69, 9.17) is 10.00 Å². The minimum absolute atomic E-state index is 0.0563. The summed E-state index contributed by atoms with van der Waals surface area (Å²) in [6.45, 7) is 1.79. The lowest BCUT2D eigenvalue weighted by Crippen LogP contribution is -2.35. The highest BCUT2D eigenvalue weighted by Crippen LogP contribution is 2.34. The highest BCUT2D eigenvalue weighted by Gasteiger charge is 2.45. The largest absolute Gasteiger partial charge is 0.363 e. The first-order valence-corrected chi connectivity index (χ1v) is 7.68. The summed E-state index contributed by atoms with van der Waals surface area (Å²) in [6.07, 6.45) is 1.59. The van der Waals surface area contributed by atoms with Crippen LogP contribution in [-0.2, 0) is 16.1 Å². The van der Waals surface area contributed by atoms with Crippen molar-refractivity contribution in [1.29, 1.82) is 5.26 Å². The molecule has 0 radical (unpaired) electrons. The van der Waals surface area contributed by atoms with E-state index in [1.165, 1.54) is 0 Å². The van der Waals surface area contributed by atoms with Gasteiger partial charge in [-0.1, -0.05) is 12.1 Å². The van der Waals surface area contributed by atoms with Crippen molar-refractivity contribution < 1.29 is 9.53 Å². The lowest BCUT2D eigenvalue weighted by Gasteiger charge is -2.23. The topological polar surface area (TPSA) is 56.6 Å². The van der Waals surface area contributed by atoms with Crippen LogP contribution in [0, 0.1) is 11.3 Å². The highest BCUT2D eigenvalue weighted by molar-refractivity contribution is 5.80. The summed E-state index contributed by atoms with van der Waals surface area (Å²) in [4.78, 5) is 16.1. The van der Waals surface area contributed by atoms with E-state index in [0.717, 1.165) is 31.5 Å². The van der Waals surface area contributed by atoms with Crippen LogP contribution < -0.4 is 0 Å². The van der Waals surface area contributed by atoms with E-state index >= 15 is 0 Å².